The van der Waals surface area contributed by atoms with Gasteiger partial charge in [0, 0.05) is 24.8 Å². The van der Waals surface area contributed by atoms with E-state index in [1.54, 1.807) is 24.3 Å². The number of anilines is 6. The lowest BCUT2D eigenvalue weighted by Crippen LogP contribution is -2.17. The maximum Gasteiger partial charge on any atom is 0.335 e. The largest absolute Gasteiger partial charge is 0.478 e. The van der Waals surface area contributed by atoms with Crippen LogP contribution in [0.15, 0.2) is 97.6 Å². The molecular formula is C30H20N6O8. The maximum atomic E-state index is 11.8. The maximum absolute atomic E-state index is 11.8. The van der Waals surface area contributed by atoms with Crippen LogP contribution in [-0.4, -0.2) is 64.2 Å². The van der Waals surface area contributed by atoms with Gasteiger partial charge in [0.25, 0.3) is 0 Å². The number of carboxylic acids is 4. The Kier molecular flexibility index (Phi) is 7.88. The van der Waals surface area contributed by atoms with Crippen LogP contribution >= 0.6 is 0 Å². The van der Waals surface area contributed by atoms with E-state index in [1.165, 1.54) is 83.1 Å². The Labute approximate surface area is 247 Å². The number of carboxylic acid groups (broad SMARTS) is 4. The Balaban J connectivity index is 1.73. The smallest absolute Gasteiger partial charge is 0.335 e. The monoisotopic (exact) mass is 592 g/mol. The average Bonchev–Trinajstić information content (AvgIpc) is 3.02. The van der Waals surface area contributed by atoms with Crippen molar-refractivity contribution >= 4 is 58.5 Å². The Morgan fingerprint density at radius 1 is 0.432 bits per heavy atom. The lowest BCUT2D eigenvalue weighted by molar-refractivity contribution is 0.0686. The quantitative estimate of drug-likeness (QED) is 0.168. The first-order valence-electron chi connectivity index (χ1n) is 12.6. The van der Waals surface area contributed by atoms with Crippen LogP contribution in [0.5, 0.6) is 0 Å². The number of aromatic nitrogens is 4. The highest BCUT2D eigenvalue weighted by atomic mass is 16.4. The molecule has 4 heterocycles. The van der Waals surface area contributed by atoms with E-state index in [-0.39, 0.29) is 45.5 Å². The molecule has 14 nitrogen and oxygen atoms in total. The van der Waals surface area contributed by atoms with Crippen LogP contribution < -0.4 is 9.80 Å². The molecule has 218 valence electrons. The predicted octanol–water partition coefficient (Wildman–Crippen LogP) is 5.00. The van der Waals surface area contributed by atoms with Gasteiger partial charge in [-0.05, 0) is 66.7 Å². The molecule has 0 saturated heterocycles. The van der Waals surface area contributed by atoms with Crippen molar-refractivity contribution in [3.8, 4) is 0 Å². The molecule has 44 heavy (non-hydrogen) atoms. The van der Waals surface area contributed by atoms with Crippen LogP contribution in [-0.2, 0) is 0 Å². The molecule has 4 N–H and O–H groups in total. The van der Waals surface area contributed by atoms with Crippen molar-refractivity contribution in [3.63, 3.8) is 0 Å². The second-order valence-corrected chi connectivity index (χ2v) is 9.02. The second-order valence-electron chi connectivity index (χ2n) is 9.02. The Hall–Kier alpha value is -6.70. The van der Waals surface area contributed by atoms with Gasteiger partial charge in [-0.15, -0.1) is 0 Å². The summed E-state index contributed by atoms with van der Waals surface area (Å²) < 4.78 is 0. The summed E-state index contributed by atoms with van der Waals surface area (Å²) in [5.41, 5.74) is 0.323. The van der Waals surface area contributed by atoms with Crippen molar-refractivity contribution < 1.29 is 39.6 Å². The Morgan fingerprint density at radius 2 is 0.705 bits per heavy atom. The number of hydrogen-bond donors (Lipinski definition) is 4. The van der Waals surface area contributed by atoms with Crippen LogP contribution in [0.4, 0.5) is 34.6 Å². The van der Waals surface area contributed by atoms with Crippen LogP contribution in [0, 0.1) is 0 Å². The number of rotatable bonds is 10. The molecule has 4 aromatic heterocycles. The molecule has 0 unspecified atom stereocenters. The van der Waals surface area contributed by atoms with E-state index in [1.807, 2.05) is 0 Å². The topological polar surface area (TPSA) is 207 Å². The molecule has 14 heteroatoms. The minimum atomic E-state index is -1.21. The van der Waals surface area contributed by atoms with Gasteiger partial charge in [-0.2, -0.15) is 0 Å². The minimum absolute atomic E-state index is 0.0865. The van der Waals surface area contributed by atoms with Crippen molar-refractivity contribution in [2.75, 3.05) is 9.80 Å². The van der Waals surface area contributed by atoms with Crippen molar-refractivity contribution in [2.24, 2.45) is 0 Å². The van der Waals surface area contributed by atoms with E-state index in [0.717, 1.165) is 0 Å². The summed E-state index contributed by atoms with van der Waals surface area (Å²) in [6.07, 6.45) is 5.13. The molecule has 0 amide bonds. The molecule has 0 spiro atoms. The van der Waals surface area contributed by atoms with Gasteiger partial charge in [0.1, 0.15) is 23.3 Å². The van der Waals surface area contributed by atoms with Gasteiger partial charge in [-0.3, -0.25) is 9.80 Å². The third-order valence-corrected chi connectivity index (χ3v) is 6.23. The van der Waals surface area contributed by atoms with Gasteiger partial charge in [0.2, 0.25) is 0 Å². The number of hydrogen-bond acceptors (Lipinski definition) is 10. The van der Waals surface area contributed by atoms with E-state index in [9.17, 15) is 39.6 Å². The number of pyridine rings is 4. The summed E-state index contributed by atoms with van der Waals surface area (Å²) in [6, 6.07) is 16.8. The molecule has 0 atom stereocenters. The number of aromatic carboxylic acids is 4. The third kappa shape index (κ3) is 5.99. The summed E-state index contributed by atoms with van der Waals surface area (Å²) in [7, 11) is 0. The van der Waals surface area contributed by atoms with E-state index in [2.05, 4.69) is 19.9 Å². The number of carbonyl (C=O) groups is 4. The van der Waals surface area contributed by atoms with Gasteiger partial charge in [-0.1, -0.05) is 6.07 Å². The molecule has 0 bridgehead atoms. The third-order valence-electron chi connectivity index (χ3n) is 6.23. The number of benzene rings is 1. The second kappa shape index (κ2) is 12.0. The van der Waals surface area contributed by atoms with Crippen molar-refractivity contribution in [2.45, 2.75) is 0 Å². The highest BCUT2D eigenvalue weighted by Gasteiger charge is 2.23. The van der Waals surface area contributed by atoms with Crippen molar-refractivity contribution in [1.82, 2.24) is 19.9 Å². The zero-order valence-electron chi connectivity index (χ0n) is 22.3. The summed E-state index contributed by atoms with van der Waals surface area (Å²) in [5.74, 6) is -4.46. The fraction of sp³-hybridized carbons (Fsp3) is 0. The summed E-state index contributed by atoms with van der Waals surface area (Å²) in [5, 5.41) is 38.4. The van der Waals surface area contributed by atoms with E-state index < -0.39 is 23.9 Å². The van der Waals surface area contributed by atoms with Gasteiger partial charge in [0.15, 0.2) is 0 Å². The molecule has 0 aliphatic heterocycles. The van der Waals surface area contributed by atoms with Gasteiger partial charge >= 0.3 is 23.9 Å². The molecular weight excluding hydrogens is 572 g/mol. The summed E-state index contributed by atoms with van der Waals surface area (Å²) in [4.78, 5) is 67.1. The van der Waals surface area contributed by atoms with Gasteiger partial charge < -0.3 is 20.4 Å². The lowest BCUT2D eigenvalue weighted by atomic mass is 10.1. The van der Waals surface area contributed by atoms with Crippen molar-refractivity contribution in [3.05, 3.63) is 120 Å². The minimum Gasteiger partial charge on any atom is -0.478 e. The zero-order chi connectivity index (χ0) is 31.4. The van der Waals surface area contributed by atoms with Crippen LogP contribution in [0.2, 0.25) is 0 Å². The molecule has 1 aromatic carbocycles. The first-order valence-corrected chi connectivity index (χ1v) is 12.6. The molecule has 0 fully saturated rings. The SMILES string of the molecule is O=C(O)c1ccnc(N(c2cccc(N(c3cc(C(=O)O)ccn3)c3cc(C(=O)O)ccn3)c2)c2cc(C(=O)O)ccn2)c1. The fourth-order valence-electron chi connectivity index (χ4n) is 4.23. The molecule has 5 aromatic rings. The van der Waals surface area contributed by atoms with E-state index >= 15 is 0 Å². The van der Waals surface area contributed by atoms with E-state index in [0.29, 0.717) is 11.4 Å². The Bertz CT molecular complexity index is 1680. The van der Waals surface area contributed by atoms with Crippen molar-refractivity contribution in [1.29, 1.82) is 0 Å². The average molecular weight is 593 g/mol. The lowest BCUT2D eigenvalue weighted by Gasteiger charge is -2.27. The normalized spacial score (nSPS) is 10.5. The predicted molar refractivity (Wildman–Crippen MR) is 155 cm³/mol. The standard InChI is InChI=1S/C30H20N6O8/c37-27(38)17-4-8-31-23(12-17)35(24-13-18(28(39)40)5-9-32-24)21-2-1-3-22(16-21)36(25-14-19(29(41)42)6-10-33-25)26-15-20(30(43)44)7-11-34-26/h1-16H,(H,37,38)(H,39,40)(H,41,42)(H,43,44). The number of nitrogens with zero attached hydrogens (tertiary/aromatic N) is 6. The van der Waals surface area contributed by atoms with Crippen LogP contribution in [0.1, 0.15) is 41.4 Å². The highest BCUT2D eigenvalue weighted by Crippen LogP contribution is 2.38. The first-order chi connectivity index (χ1) is 21.1. The first kappa shape index (κ1) is 28.8. The summed E-state index contributed by atoms with van der Waals surface area (Å²) in [6.45, 7) is 0. The molecule has 0 aliphatic rings. The highest BCUT2D eigenvalue weighted by molar-refractivity contribution is 5.93. The van der Waals surface area contributed by atoms with E-state index in [4.69, 9.17) is 0 Å². The molecule has 0 aliphatic carbocycles. The fourth-order valence-corrected chi connectivity index (χ4v) is 4.23. The molecule has 5 rings (SSSR count). The molecule has 0 saturated carbocycles. The van der Waals surface area contributed by atoms with Gasteiger partial charge in [-0.25, -0.2) is 39.1 Å². The van der Waals surface area contributed by atoms with Crippen LogP contribution in [0.3, 0.4) is 0 Å². The van der Waals surface area contributed by atoms with Crippen LogP contribution in [0.25, 0.3) is 0 Å². The molecule has 0 radical (unpaired) electrons. The Morgan fingerprint density at radius 3 is 0.955 bits per heavy atom. The zero-order valence-corrected chi connectivity index (χ0v) is 22.3. The summed E-state index contributed by atoms with van der Waals surface area (Å²) >= 11 is 0. The van der Waals surface area contributed by atoms with Gasteiger partial charge in [0.05, 0.1) is 33.6 Å².